The van der Waals surface area contributed by atoms with E-state index < -0.39 is 12.1 Å². The van der Waals surface area contributed by atoms with Crippen LogP contribution in [0, 0.1) is 20.8 Å². The number of hydrogen-bond donors (Lipinski definition) is 1. The Hall–Kier alpha value is -2.40. The molecule has 0 bridgehead atoms. The molecule has 1 N–H and O–H groups in total. The summed E-state index contributed by atoms with van der Waals surface area (Å²) in [5.41, 5.74) is 4.71. The molecule has 2 rings (SSSR count). The van der Waals surface area contributed by atoms with Gasteiger partial charge < -0.3 is 10.1 Å². The predicted molar refractivity (Wildman–Crippen MR) is 108 cm³/mol. The van der Waals surface area contributed by atoms with Crippen LogP contribution in [-0.4, -0.2) is 18.0 Å². The summed E-state index contributed by atoms with van der Waals surface area (Å²) >= 11 is 3.36. The molecule has 1 unspecified atom stereocenters. The number of benzene rings is 2. The normalized spacial score (nSPS) is 12.0. The van der Waals surface area contributed by atoms with Crippen LogP contribution in [0.1, 0.15) is 29.2 Å². The lowest BCUT2D eigenvalue weighted by Gasteiger charge is -2.16. The third kappa shape index (κ3) is 5.56. The first-order valence-corrected chi connectivity index (χ1v) is 9.08. The summed E-state index contributed by atoms with van der Waals surface area (Å²) < 4.78 is 6.15. The zero-order valence-corrected chi connectivity index (χ0v) is 16.9. The van der Waals surface area contributed by atoms with Crippen LogP contribution in [0.5, 0.6) is 0 Å². The van der Waals surface area contributed by atoms with E-state index in [4.69, 9.17) is 4.74 Å². The molecule has 0 aliphatic heterocycles. The Morgan fingerprint density at radius 3 is 2.23 bits per heavy atom. The van der Waals surface area contributed by atoms with Crippen molar-refractivity contribution in [2.24, 2.45) is 0 Å². The van der Waals surface area contributed by atoms with Gasteiger partial charge in [-0.2, -0.15) is 0 Å². The molecule has 1 amide bonds. The fraction of sp³-hybridized carbons (Fsp3) is 0.238. The molecule has 0 radical (unpaired) electrons. The summed E-state index contributed by atoms with van der Waals surface area (Å²) in [6.45, 7) is 7.44. The number of nitrogens with one attached hydrogen (secondary N) is 1. The molecule has 0 saturated heterocycles. The Balaban J connectivity index is 1.96. The number of carbonyl (C=O) groups excluding carboxylic acids is 2. The van der Waals surface area contributed by atoms with Gasteiger partial charge in [0, 0.05) is 16.2 Å². The van der Waals surface area contributed by atoms with E-state index in [0.717, 1.165) is 32.4 Å². The van der Waals surface area contributed by atoms with Crippen LogP contribution in [0.3, 0.4) is 0 Å². The first kappa shape index (κ1) is 19.9. The van der Waals surface area contributed by atoms with Gasteiger partial charge in [-0.25, -0.2) is 4.79 Å². The van der Waals surface area contributed by atoms with Gasteiger partial charge in [0.15, 0.2) is 6.10 Å². The molecule has 0 saturated carbocycles. The first-order chi connectivity index (χ1) is 12.3. The third-order valence-electron chi connectivity index (χ3n) is 3.87. The van der Waals surface area contributed by atoms with Gasteiger partial charge in [-0.15, -0.1) is 0 Å². The molecule has 0 aromatic heterocycles. The Bertz CT molecular complexity index is 818. The van der Waals surface area contributed by atoms with Crippen molar-refractivity contribution in [2.75, 3.05) is 5.32 Å². The van der Waals surface area contributed by atoms with Crippen LogP contribution >= 0.6 is 15.9 Å². The van der Waals surface area contributed by atoms with Crippen molar-refractivity contribution in [3.05, 3.63) is 69.2 Å². The molecular weight excluding hydrogens is 394 g/mol. The van der Waals surface area contributed by atoms with Crippen molar-refractivity contribution in [3.63, 3.8) is 0 Å². The van der Waals surface area contributed by atoms with Gasteiger partial charge >= 0.3 is 5.97 Å². The highest BCUT2D eigenvalue weighted by Crippen LogP contribution is 2.22. The van der Waals surface area contributed by atoms with E-state index in [9.17, 15) is 9.59 Å². The summed E-state index contributed by atoms with van der Waals surface area (Å²) in [4.78, 5) is 24.3. The van der Waals surface area contributed by atoms with Crippen molar-refractivity contribution in [1.29, 1.82) is 0 Å². The van der Waals surface area contributed by atoms with Crippen LogP contribution in [-0.2, 0) is 14.3 Å². The highest BCUT2D eigenvalue weighted by atomic mass is 79.9. The van der Waals surface area contributed by atoms with E-state index in [-0.39, 0.29) is 5.91 Å². The average molecular weight is 416 g/mol. The van der Waals surface area contributed by atoms with Crippen molar-refractivity contribution >= 4 is 39.6 Å². The van der Waals surface area contributed by atoms with E-state index in [0.29, 0.717) is 0 Å². The Morgan fingerprint density at radius 2 is 1.65 bits per heavy atom. The predicted octanol–water partition coefficient (Wildman–Crippen LogP) is 4.96. The standard InChI is InChI=1S/C21H22BrNO3/c1-13-11-14(2)20(15(3)12-13)23-21(25)16(4)26-19(24)10-7-17-5-8-18(22)9-6-17/h5-12,16H,1-4H3,(H,23,25)/b10-7+. The zero-order valence-electron chi connectivity index (χ0n) is 15.3. The average Bonchev–Trinajstić information content (AvgIpc) is 2.57. The van der Waals surface area contributed by atoms with Crippen LogP contribution in [0.4, 0.5) is 5.69 Å². The number of aryl methyl sites for hydroxylation is 3. The minimum atomic E-state index is -0.892. The molecule has 2 aromatic rings. The molecule has 136 valence electrons. The van der Waals surface area contributed by atoms with E-state index in [2.05, 4.69) is 21.2 Å². The van der Waals surface area contributed by atoms with Crippen LogP contribution < -0.4 is 5.32 Å². The number of rotatable bonds is 5. The minimum absolute atomic E-state index is 0.356. The molecule has 26 heavy (non-hydrogen) atoms. The van der Waals surface area contributed by atoms with Crippen molar-refractivity contribution < 1.29 is 14.3 Å². The second-order valence-electron chi connectivity index (χ2n) is 6.23. The van der Waals surface area contributed by atoms with E-state index in [1.165, 1.54) is 6.08 Å². The Morgan fingerprint density at radius 1 is 1.08 bits per heavy atom. The van der Waals surface area contributed by atoms with Gasteiger partial charge in [-0.05, 0) is 62.6 Å². The van der Waals surface area contributed by atoms with Gasteiger partial charge in [0.2, 0.25) is 0 Å². The van der Waals surface area contributed by atoms with Gasteiger partial charge in [0.25, 0.3) is 5.91 Å². The molecule has 0 aliphatic carbocycles. The summed E-state index contributed by atoms with van der Waals surface area (Å²) in [6.07, 6.45) is 2.07. The molecule has 2 aromatic carbocycles. The second kappa shape index (κ2) is 8.81. The molecule has 0 heterocycles. The lowest BCUT2D eigenvalue weighted by molar-refractivity contribution is -0.148. The molecule has 0 fully saturated rings. The fourth-order valence-electron chi connectivity index (χ4n) is 2.61. The Labute approximate surface area is 162 Å². The number of ether oxygens (including phenoxy) is 1. The Kier molecular flexibility index (Phi) is 6.75. The lowest BCUT2D eigenvalue weighted by atomic mass is 10.0. The fourth-order valence-corrected chi connectivity index (χ4v) is 2.87. The molecule has 4 nitrogen and oxygen atoms in total. The highest BCUT2D eigenvalue weighted by molar-refractivity contribution is 9.10. The monoisotopic (exact) mass is 415 g/mol. The number of amides is 1. The maximum absolute atomic E-state index is 12.3. The van der Waals surface area contributed by atoms with Crippen molar-refractivity contribution in [2.45, 2.75) is 33.8 Å². The van der Waals surface area contributed by atoms with E-state index in [1.54, 1.807) is 13.0 Å². The van der Waals surface area contributed by atoms with Gasteiger partial charge in [0.05, 0.1) is 0 Å². The summed E-state index contributed by atoms with van der Waals surface area (Å²) in [7, 11) is 0. The zero-order chi connectivity index (χ0) is 19.3. The van der Waals surface area contributed by atoms with Gasteiger partial charge in [0.1, 0.15) is 0 Å². The van der Waals surface area contributed by atoms with Crippen molar-refractivity contribution in [3.8, 4) is 0 Å². The topological polar surface area (TPSA) is 55.4 Å². The molecule has 1 atom stereocenters. The van der Waals surface area contributed by atoms with Crippen LogP contribution in [0.15, 0.2) is 46.9 Å². The van der Waals surface area contributed by atoms with Crippen molar-refractivity contribution in [1.82, 2.24) is 0 Å². The SMILES string of the molecule is Cc1cc(C)c(NC(=O)C(C)OC(=O)/C=C/c2ccc(Br)cc2)c(C)c1. The number of esters is 1. The summed E-state index contributed by atoms with van der Waals surface area (Å²) in [6, 6.07) is 11.5. The summed E-state index contributed by atoms with van der Waals surface area (Å²) in [5, 5.41) is 2.85. The lowest BCUT2D eigenvalue weighted by Crippen LogP contribution is -2.30. The number of anilines is 1. The van der Waals surface area contributed by atoms with Crippen LogP contribution in [0.25, 0.3) is 6.08 Å². The number of halogens is 1. The molecule has 0 spiro atoms. The maximum atomic E-state index is 12.3. The van der Waals surface area contributed by atoms with E-state index >= 15 is 0 Å². The minimum Gasteiger partial charge on any atom is -0.449 e. The second-order valence-corrected chi connectivity index (χ2v) is 7.14. The van der Waals surface area contributed by atoms with Gasteiger partial charge in [-0.1, -0.05) is 45.8 Å². The molecular formula is C21H22BrNO3. The molecule has 5 heteroatoms. The number of hydrogen-bond acceptors (Lipinski definition) is 3. The summed E-state index contributed by atoms with van der Waals surface area (Å²) in [5.74, 6) is -0.918. The smallest absolute Gasteiger partial charge is 0.331 e. The largest absolute Gasteiger partial charge is 0.449 e. The van der Waals surface area contributed by atoms with E-state index in [1.807, 2.05) is 57.2 Å². The van der Waals surface area contributed by atoms with Gasteiger partial charge in [-0.3, -0.25) is 4.79 Å². The molecule has 0 aliphatic rings. The highest BCUT2D eigenvalue weighted by Gasteiger charge is 2.18. The quantitative estimate of drug-likeness (QED) is 0.554. The number of carbonyl (C=O) groups is 2. The maximum Gasteiger partial charge on any atom is 0.331 e. The van der Waals surface area contributed by atoms with Crippen LogP contribution in [0.2, 0.25) is 0 Å². The third-order valence-corrected chi connectivity index (χ3v) is 4.40. The first-order valence-electron chi connectivity index (χ1n) is 8.29.